The number of fused-ring (bicyclic) bond motifs is 1. The van der Waals surface area contributed by atoms with Gasteiger partial charge in [-0.15, -0.1) is 0 Å². The highest BCUT2D eigenvalue weighted by atomic mass is 16.5. The van der Waals surface area contributed by atoms with Crippen LogP contribution in [0.15, 0.2) is 17.0 Å². The minimum Gasteiger partial charge on any atom is -0.468 e. The monoisotopic (exact) mass is 222 g/mol. The number of rotatable bonds is 2. The number of esters is 1. The second-order valence-corrected chi connectivity index (χ2v) is 3.13. The third kappa shape index (κ3) is 1.47. The Balaban J connectivity index is 2.57. The Morgan fingerprint density at radius 2 is 2.31 bits per heavy atom. The van der Waals surface area contributed by atoms with Crippen LogP contribution in [0.5, 0.6) is 0 Å². The number of nitrogens with zero attached hydrogens (tertiary/aromatic N) is 2. The summed E-state index contributed by atoms with van der Waals surface area (Å²) in [6, 6.07) is -0.953. The van der Waals surface area contributed by atoms with Crippen molar-refractivity contribution in [1.29, 1.82) is 0 Å². The standard InChI is InChI=1S/C9H10N4O3/c1-15-9(14)5(10)4-2-12-8(11)7-6(4)13-3-16-7/h2-3,5H,10H2,1H3,(H2,11,12)/t5-/m1/s1. The number of carbonyl (C=O) groups is 1. The zero-order valence-corrected chi connectivity index (χ0v) is 8.51. The quantitative estimate of drug-likeness (QED) is 0.685. The molecule has 2 heterocycles. The summed E-state index contributed by atoms with van der Waals surface area (Å²) in [5.74, 6) is -0.371. The molecule has 0 aromatic carbocycles. The lowest BCUT2D eigenvalue weighted by Gasteiger charge is -2.09. The number of oxazole rings is 1. The number of hydrogen-bond donors (Lipinski definition) is 2. The molecule has 0 spiro atoms. The largest absolute Gasteiger partial charge is 0.468 e. The number of methoxy groups -OCH3 is 1. The predicted molar refractivity (Wildman–Crippen MR) is 55.2 cm³/mol. The van der Waals surface area contributed by atoms with Gasteiger partial charge in [-0.2, -0.15) is 0 Å². The fraction of sp³-hybridized carbons (Fsp3) is 0.222. The fourth-order valence-electron chi connectivity index (χ4n) is 1.37. The summed E-state index contributed by atoms with van der Waals surface area (Å²) in [5, 5.41) is 0. The molecule has 2 aromatic heterocycles. The van der Waals surface area contributed by atoms with E-state index in [4.69, 9.17) is 15.9 Å². The van der Waals surface area contributed by atoms with Crippen molar-refractivity contribution in [2.24, 2.45) is 5.73 Å². The van der Waals surface area contributed by atoms with Gasteiger partial charge in [-0.3, -0.25) is 4.79 Å². The minimum absolute atomic E-state index is 0.202. The summed E-state index contributed by atoms with van der Waals surface area (Å²) in [7, 11) is 1.26. The first-order valence-corrected chi connectivity index (χ1v) is 4.46. The van der Waals surface area contributed by atoms with Crippen LogP contribution in [0.4, 0.5) is 5.82 Å². The van der Waals surface area contributed by atoms with Crippen LogP contribution < -0.4 is 11.5 Å². The van der Waals surface area contributed by atoms with E-state index in [9.17, 15) is 4.79 Å². The van der Waals surface area contributed by atoms with Crippen molar-refractivity contribution >= 4 is 22.9 Å². The number of nitrogen functional groups attached to an aromatic ring is 1. The number of hydrogen-bond acceptors (Lipinski definition) is 7. The molecule has 2 rings (SSSR count). The average molecular weight is 222 g/mol. The number of ether oxygens (including phenoxy) is 1. The van der Waals surface area contributed by atoms with Gasteiger partial charge in [0, 0.05) is 11.8 Å². The Bertz CT molecular complexity index is 537. The van der Waals surface area contributed by atoms with Gasteiger partial charge in [0.05, 0.1) is 7.11 Å². The summed E-state index contributed by atoms with van der Waals surface area (Å²) < 4.78 is 9.59. The minimum atomic E-state index is -0.953. The highest BCUT2D eigenvalue weighted by Crippen LogP contribution is 2.25. The van der Waals surface area contributed by atoms with E-state index < -0.39 is 12.0 Å². The van der Waals surface area contributed by atoms with Crippen LogP contribution >= 0.6 is 0 Å². The van der Waals surface area contributed by atoms with E-state index in [1.54, 1.807) is 0 Å². The molecule has 1 atom stereocenters. The Kier molecular flexibility index (Phi) is 2.45. The lowest BCUT2D eigenvalue weighted by atomic mass is 10.1. The first-order chi connectivity index (χ1) is 7.65. The zero-order valence-electron chi connectivity index (χ0n) is 8.51. The molecule has 0 unspecified atom stereocenters. The van der Waals surface area contributed by atoms with Crippen molar-refractivity contribution in [2.45, 2.75) is 6.04 Å². The molecule has 16 heavy (non-hydrogen) atoms. The molecule has 0 amide bonds. The number of pyridine rings is 1. The summed E-state index contributed by atoms with van der Waals surface area (Å²) in [6.07, 6.45) is 2.61. The van der Waals surface area contributed by atoms with Crippen LogP contribution in [0.1, 0.15) is 11.6 Å². The molecule has 0 radical (unpaired) electrons. The molecule has 2 aromatic rings. The number of carbonyl (C=O) groups excluding carboxylic acids is 1. The van der Waals surface area contributed by atoms with Crippen molar-refractivity contribution in [1.82, 2.24) is 9.97 Å². The normalized spacial score (nSPS) is 12.6. The third-order valence-electron chi connectivity index (χ3n) is 2.21. The van der Waals surface area contributed by atoms with Crippen LogP contribution in [0.3, 0.4) is 0 Å². The molecule has 0 aliphatic rings. The third-order valence-corrected chi connectivity index (χ3v) is 2.21. The molecular formula is C9H10N4O3. The van der Waals surface area contributed by atoms with Crippen LogP contribution in [0, 0.1) is 0 Å². The SMILES string of the molecule is COC(=O)[C@H](N)c1cnc(N)c2ocnc12. The molecule has 0 aliphatic carbocycles. The lowest BCUT2D eigenvalue weighted by Crippen LogP contribution is -2.23. The van der Waals surface area contributed by atoms with Gasteiger partial charge in [0.2, 0.25) is 0 Å². The van der Waals surface area contributed by atoms with Crippen molar-refractivity contribution in [3.63, 3.8) is 0 Å². The van der Waals surface area contributed by atoms with Gasteiger partial charge < -0.3 is 20.6 Å². The molecule has 4 N–H and O–H groups in total. The van der Waals surface area contributed by atoms with Crippen LogP contribution in [0.25, 0.3) is 11.1 Å². The maximum Gasteiger partial charge on any atom is 0.327 e. The Morgan fingerprint density at radius 3 is 3.00 bits per heavy atom. The van der Waals surface area contributed by atoms with Gasteiger partial charge in [0.15, 0.2) is 17.8 Å². The maximum atomic E-state index is 11.3. The van der Waals surface area contributed by atoms with Crippen molar-refractivity contribution in [3.8, 4) is 0 Å². The molecule has 0 saturated heterocycles. The zero-order chi connectivity index (χ0) is 11.7. The van der Waals surface area contributed by atoms with Crippen LogP contribution in [-0.4, -0.2) is 23.0 Å². The van der Waals surface area contributed by atoms with E-state index in [2.05, 4.69) is 14.7 Å². The smallest absolute Gasteiger partial charge is 0.327 e. The summed E-state index contributed by atoms with van der Waals surface area (Å²) in [6.45, 7) is 0. The first kappa shape index (κ1) is 10.4. The van der Waals surface area contributed by atoms with Gasteiger partial charge in [0.1, 0.15) is 11.6 Å². The molecular weight excluding hydrogens is 212 g/mol. The molecule has 0 bridgehead atoms. The van der Waals surface area contributed by atoms with Crippen molar-refractivity contribution in [3.05, 3.63) is 18.2 Å². The van der Waals surface area contributed by atoms with E-state index in [1.807, 2.05) is 0 Å². The Morgan fingerprint density at radius 1 is 1.56 bits per heavy atom. The molecule has 7 nitrogen and oxygen atoms in total. The fourth-order valence-corrected chi connectivity index (χ4v) is 1.37. The van der Waals surface area contributed by atoms with Gasteiger partial charge in [-0.05, 0) is 0 Å². The highest BCUT2D eigenvalue weighted by molar-refractivity contribution is 5.89. The summed E-state index contributed by atoms with van der Waals surface area (Å²) >= 11 is 0. The predicted octanol–water partition coefficient (Wildman–Crippen LogP) is -0.0222. The molecule has 84 valence electrons. The Labute approximate surface area is 90.4 Å². The van der Waals surface area contributed by atoms with E-state index >= 15 is 0 Å². The number of nitrogens with two attached hydrogens (primary N) is 2. The summed E-state index contributed by atoms with van der Waals surface area (Å²) in [4.78, 5) is 19.1. The van der Waals surface area contributed by atoms with E-state index in [1.165, 1.54) is 19.7 Å². The highest BCUT2D eigenvalue weighted by Gasteiger charge is 2.22. The van der Waals surface area contributed by atoms with Gasteiger partial charge >= 0.3 is 5.97 Å². The molecule has 7 heteroatoms. The second kappa shape index (κ2) is 3.78. The first-order valence-electron chi connectivity index (χ1n) is 4.46. The van der Waals surface area contributed by atoms with Gasteiger partial charge in [-0.1, -0.05) is 0 Å². The van der Waals surface area contributed by atoms with Gasteiger partial charge in [0.25, 0.3) is 0 Å². The maximum absolute atomic E-state index is 11.3. The Hall–Kier alpha value is -2.15. The van der Waals surface area contributed by atoms with Gasteiger partial charge in [-0.25, -0.2) is 9.97 Å². The second-order valence-electron chi connectivity index (χ2n) is 3.13. The summed E-state index contributed by atoms with van der Waals surface area (Å²) in [5.41, 5.74) is 12.4. The molecule has 0 aliphatic heterocycles. The molecule has 0 saturated carbocycles. The van der Waals surface area contributed by atoms with E-state index in [0.29, 0.717) is 16.7 Å². The van der Waals surface area contributed by atoms with Crippen molar-refractivity contribution < 1.29 is 13.9 Å². The van der Waals surface area contributed by atoms with Crippen molar-refractivity contribution in [2.75, 3.05) is 12.8 Å². The van der Waals surface area contributed by atoms with Crippen LogP contribution in [0.2, 0.25) is 0 Å². The molecule has 0 fully saturated rings. The van der Waals surface area contributed by atoms with E-state index in [-0.39, 0.29) is 5.82 Å². The lowest BCUT2D eigenvalue weighted by molar-refractivity contribution is -0.142. The number of anilines is 1. The van der Waals surface area contributed by atoms with Crippen LogP contribution in [-0.2, 0) is 9.53 Å². The topological polar surface area (TPSA) is 117 Å². The average Bonchev–Trinajstić information content (AvgIpc) is 2.77. The van der Waals surface area contributed by atoms with E-state index in [0.717, 1.165) is 0 Å². The number of aromatic nitrogens is 2.